The molecule has 3 nitrogen and oxygen atoms in total. The molecule has 0 aliphatic heterocycles. The molecule has 2 rings (SSSR count). The number of fused-ring (bicyclic) bond motifs is 1. The fraction of sp³-hybridized carbons (Fsp3) is 0.200. The van der Waals surface area contributed by atoms with Crippen LogP contribution < -0.4 is 5.73 Å². The van der Waals surface area contributed by atoms with Gasteiger partial charge in [0, 0.05) is 0 Å². The lowest BCUT2D eigenvalue weighted by Gasteiger charge is -1.90. The lowest BCUT2D eigenvalue weighted by molar-refractivity contribution is 1.36. The van der Waals surface area contributed by atoms with Gasteiger partial charge in [0.1, 0.15) is 0 Å². The quantitative estimate of drug-likeness (QED) is 0.574. The number of benzene rings is 1. The van der Waals surface area contributed by atoms with Crippen LogP contribution in [0, 0.1) is 6.92 Å². The molecule has 0 aliphatic carbocycles. The van der Waals surface area contributed by atoms with E-state index in [4.69, 9.17) is 5.73 Å². The highest BCUT2D eigenvalue weighted by Gasteiger charge is 2.03. The molecular weight excluding hydrogens is 194 g/mol. The second-order valence-corrected chi connectivity index (χ2v) is 4.18. The summed E-state index contributed by atoms with van der Waals surface area (Å²) in [5.41, 5.74) is 7.70. The van der Waals surface area contributed by atoms with Crippen molar-refractivity contribution in [1.29, 1.82) is 0 Å². The van der Waals surface area contributed by atoms with Gasteiger partial charge >= 0.3 is 0 Å². The molecule has 2 aromatic rings. The first-order valence-corrected chi connectivity index (χ1v) is 5.15. The summed E-state index contributed by atoms with van der Waals surface area (Å²) in [7, 11) is 0. The highest BCUT2D eigenvalue weighted by molar-refractivity contribution is 7.22. The van der Waals surface area contributed by atoms with Crippen molar-refractivity contribution in [3.05, 3.63) is 23.8 Å². The first kappa shape index (κ1) is 9.15. The normalized spacial score (nSPS) is 12.3. The van der Waals surface area contributed by atoms with E-state index >= 15 is 0 Å². The molecule has 4 heteroatoms. The van der Waals surface area contributed by atoms with Gasteiger partial charge in [-0.3, -0.25) is 0 Å². The Kier molecular flexibility index (Phi) is 2.21. The third kappa shape index (κ3) is 1.61. The first-order valence-electron chi connectivity index (χ1n) is 4.34. The van der Waals surface area contributed by atoms with Crippen LogP contribution in [0.15, 0.2) is 23.2 Å². The van der Waals surface area contributed by atoms with Gasteiger partial charge in [-0.25, -0.2) is 9.98 Å². The van der Waals surface area contributed by atoms with Crippen molar-refractivity contribution in [2.24, 2.45) is 10.7 Å². The number of hydrogen-bond acceptors (Lipinski definition) is 3. The van der Waals surface area contributed by atoms with Crippen LogP contribution in [-0.2, 0) is 0 Å². The molecule has 2 N–H and O–H groups in total. The molecule has 0 bridgehead atoms. The molecule has 72 valence electrons. The van der Waals surface area contributed by atoms with E-state index in [1.165, 1.54) is 5.56 Å². The number of amidine groups is 1. The maximum atomic E-state index is 5.50. The van der Waals surface area contributed by atoms with Crippen molar-refractivity contribution in [3.63, 3.8) is 0 Å². The van der Waals surface area contributed by atoms with Crippen LogP contribution in [0.1, 0.15) is 12.5 Å². The smallest absolute Gasteiger partial charge is 0.211 e. The predicted molar refractivity (Wildman–Crippen MR) is 61.3 cm³/mol. The predicted octanol–water partition coefficient (Wildman–Crippen LogP) is 2.61. The molecule has 0 saturated carbocycles. The molecule has 0 atom stereocenters. The van der Waals surface area contributed by atoms with Gasteiger partial charge in [0.05, 0.1) is 16.1 Å². The Morgan fingerprint density at radius 2 is 2.29 bits per heavy atom. The molecule has 0 unspecified atom stereocenters. The van der Waals surface area contributed by atoms with E-state index in [9.17, 15) is 0 Å². The Labute approximate surface area is 86.3 Å². The SMILES string of the molecule is CC(N)=Nc1nc2c(C)cccc2s1. The van der Waals surface area contributed by atoms with Crippen molar-refractivity contribution in [1.82, 2.24) is 4.98 Å². The number of para-hydroxylation sites is 1. The molecule has 1 heterocycles. The number of nitrogens with zero attached hydrogens (tertiary/aromatic N) is 2. The zero-order chi connectivity index (χ0) is 10.1. The topological polar surface area (TPSA) is 51.3 Å². The molecule has 14 heavy (non-hydrogen) atoms. The molecule has 0 aliphatic rings. The summed E-state index contributed by atoms with van der Waals surface area (Å²) in [6.07, 6.45) is 0. The highest BCUT2D eigenvalue weighted by atomic mass is 32.1. The summed E-state index contributed by atoms with van der Waals surface area (Å²) < 4.78 is 1.16. The largest absolute Gasteiger partial charge is 0.387 e. The monoisotopic (exact) mass is 205 g/mol. The lowest BCUT2D eigenvalue weighted by atomic mass is 10.2. The van der Waals surface area contributed by atoms with E-state index in [1.807, 2.05) is 25.1 Å². The van der Waals surface area contributed by atoms with Gasteiger partial charge in [-0.2, -0.15) is 0 Å². The fourth-order valence-electron chi connectivity index (χ4n) is 1.27. The summed E-state index contributed by atoms with van der Waals surface area (Å²) in [5.74, 6) is 0.543. The molecule has 0 radical (unpaired) electrons. The minimum absolute atomic E-state index is 0.543. The van der Waals surface area contributed by atoms with Gasteiger partial charge in [-0.05, 0) is 25.5 Å². The summed E-state index contributed by atoms with van der Waals surface area (Å²) >= 11 is 1.56. The third-order valence-corrected chi connectivity index (χ3v) is 2.80. The second kappa shape index (κ2) is 3.38. The van der Waals surface area contributed by atoms with Gasteiger partial charge < -0.3 is 5.73 Å². The van der Waals surface area contributed by atoms with Crippen molar-refractivity contribution in [3.8, 4) is 0 Å². The Hall–Kier alpha value is -1.42. The van der Waals surface area contributed by atoms with E-state index in [0.717, 1.165) is 15.3 Å². The Balaban J connectivity index is 2.63. The van der Waals surface area contributed by atoms with Gasteiger partial charge in [0.25, 0.3) is 0 Å². The number of thiazole rings is 1. The molecule has 0 amide bonds. The van der Waals surface area contributed by atoms with E-state index in [-0.39, 0.29) is 0 Å². The van der Waals surface area contributed by atoms with Gasteiger partial charge in [0.2, 0.25) is 5.13 Å². The van der Waals surface area contributed by atoms with Gasteiger partial charge in [-0.1, -0.05) is 23.5 Å². The minimum atomic E-state index is 0.543. The first-order chi connectivity index (χ1) is 6.66. The Bertz CT molecular complexity index is 495. The maximum Gasteiger partial charge on any atom is 0.211 e. The highest BCUT2D eigenvalue weighted by Crippen LogP contribution is 2.29. The maximum absolute atomic E-state index is 5.50. The van der Waals surface area contributed by atoms with E-state index in [1.54, 1.807) is 18.3 Å². The average Bonchev–Trinajstić information content (AvgIpc) is 2.47. The fourth-order valence-corrected chi connectivity index (χ4v) is 2.25. The van der Waals surface area contributed by atoms with Crippen molar-refractivity contribution >= 4 is 32.5 Å². The number of rotatable bonds is 1. The van der Waals surface area contributed by atoms with Crippen LogP contribution in [0.4, 0.5) is 5.13 Å². The van der Waals surface area contributed by atoms with E-state index in [0.29, 0.717) is 5.84 Å². The molecule has 1 aromatic heterocycles. The minimum Gasteiger partial charge on any atom is -0.387 e. The summed E-state index contributed by atoms with van der Waals surface area (Å²) in [6, 6.07) is 6.12. The Morgan fingerprint density at radius 3 is 2.93 bits per heavy atom. The van der Waals surface area contributed by atoms with Crippen LogP contribution in [0.3, 0.4) is 0 Å². The Morgan fingerprint density at radius 1 is 1.50 bits per heavy atom. The van der Waals surface area contributed by atoms with Gasteiger partial charge in [-0.15, -0.1) is 0 Å². The van der Waals surface area contributed by atoms with Crippen molar-refractivity contribution in [2.75, 3.05) is 0 Å². The van der Waals surface area contributed by atoms with E-state index < -0.39 is 0 Å². The summed E-state index contributed by atoms with van der Waals surface area (Å²) in [5, 5.41) is 0.731. The standard InChI is InChI=1S/C10H11N3S/c1-6-4-3-5-8-9(6)13-10(14-8)12-7(2)11/h3-5H,1-2H3,(H2,11,12,13). The summed E-state index contributed by atoms with van der Waals surface area (Å²) in [6.45, 7) is 3.81. The van der Waals surface area contributed by atoms with E-state index in [2.05, 4.69) is 9.98 Å². The average molecular weight is 205 g/mol. The number of aromatic nitrogens is 1. The molecule has 0 saturated heterocycles. The second-order valence-electron chi connectivity index (χ2n) is 3.17. The molecule has 1 aromatic carbocycles. The van der Waals surface area contributed by atoms with Gasteiger partial charge in [0.15, 0.2) is 0 Å². The third-order valence-electron chi connectivity index (χ3n) is 1.88. The van der Waals surface area contributed by atoms with Crippen LogP contribution >= 0.6 is 11.3 Å². The zero-order valence-corrected chi connectivity index (χ0v) is 8.93. The van der Waals surface area contributed by atoms with Crippen LogP contribution in [0.5, 0.6) is 0 Å². The number of nitrogens with two attached hydrogens (primary N) is 1. The van der Waals surface area contributed by atoms with Crippen molar-refractivity contribution < 1.29 is 0 Å². The lowest BCUT2D eigenvalue weighted by Crippen LogP contribution is -2.03. The molecule has 0 fully saturated rings. The summed E-state index contributed by atoms with van der Waals surface area (Å²) in [4.78, 5) is 8.54. The molecular formula is C10H11N3S. The van der Waals surface area contributed by atoms with Crippen LogP contribution in [-0.4, -0.2) is 10.8 Å². The van der Waals surface area contributed by atoms with Crippen LogP contribution in [0.25, 0.3) is 10.2 Å². The van der Waals surface area contributed by atoms with Crippen molar-refractivity contribution in [2.45, 2.75) is 13.8 Å². The zero-order valence-electron chi connectivity index (χ0n) is 8.11. The molecule has 0 spiro atoms. The number of hydrogen-bond donors (Lipinski definition) is 1. The number of aliphatic imine (C=N–C) groups is 1. The number of aryl methyl sites for hydroxylation is 1. The van der Waals surface area contributed by atoms with Crippen LogP contribution in [0.2, 0.25) is 0 Å².